The molecule has 180 valence electrons. The second-order valence-corrected chi connectivity index (χ2v) is 8.72. The summed E-state index contributed by atoms with van der Waals surface area (Å²) in [5.74, 6) is 0.550. The summed E-state index contributed by atoms with van der Waals surface area (Å²) in [5, 5.41) is 18.5. The fourth-order valence-corrected chi connectivity index (χ4v) is 4.78. The van der Waals surface area contributed by atoms with Crippen LogP contribution in [0.15, 0.2) is 54.9 Å². The molecule has 2 heterocycles. The van der Waals surface area contributed by atoms with Crippen molar-refractivity contribution in [2.75, 3.05) is 19.5 Å². The highest BCUT2D eigenvalue weighted by atomic mass is 16.5. The predicted octanol–water partition coefficient (Wildman–Crippen LogP) is 3.66. The van der Waals surface area contributed by atoms with Crippen molar-refractivity contribution in [2.24, 2.45) is 0 Å². The Bertz CT molecular complexity index is 1350. The SMILES string of the molecule is COc1ccccc1C(=O)NC(CO)c1ccc(-c2nn(C3CCCC3)c3ncnc(N)c23)cc1. The van der Waals surface area contributed by atoms with Crippen LogP contribution in [-0.2, 0) is 0 Å². The summed E-state index contributed by atoms with van der Waals surface area (Å²) in [4.78, 5) is 21.5. The third kappa shape index (κ3) is 4.30. The van der Waals surface area contributed by atoms with E-state index < -0.39 is 6.04 Å². The summed E-state index contributed by atoms with van der Waals surface area (Å²) in [6.07, 6.45) is 5.99. The Morgan fingerprint density at radius 3 is 2.63 bits per heavy atom. The minimum absolute atomic E-state index is 0.250. The maximum absolute atomic E-state index is 12.8. The first-order valence-electron chi connectivity index (χ1n) is 11.7. The van der Waals surface area contributed by atoms with Crippen molar-refractivity contribution < 1.29 is 14.6 Å². The first-order chi connectivity index (χ1) is 17.1. The normalized spacial score (nSPS) is 14.8. The number of benzene rings is 2. The van der Waals surface area contributed by atoms with E-state index in [1.807, 2.05) is 28.9 Å². The van der Waals surface area contributed by atoms with Gasteiger partial charge in [0.05, 0.1) is 36.8 Å². The highest BCUT2D eigenvalue weighted by molar-refractivity contribution is 5.98. The Balaban J connectivity index is 1.44. The number of nitrogens with two attached hydrogens (primary N) is 1. The maximum Gasteiger partial charge on any atom is 0.255 e. The fourth-order valence-electron chi connectivity index (χ4n) is 4.78. The van der Waals surface area contributed by atoms with Crippen molar-refractivity contribution in [3.8, 4) is 17.0 Å². The lowest BCUT2D eigenvalue weighted by molar-refractivity contribution is 0.0913. The molecule has 0 bridgehead atoms. The van der Waals surface area contributed by atoms with Gasteiger partial charge in [0.2, 0.25) is 0 Å². The molecule has 9 nitrogen and oxygen atoms in total. The number of aromatic nitrogens is 4. The quantitative estimate of drug-likeness (QED) is 0.374. The molecule has 2 aromatic heterocycles. The monoisotopic (exact) mass is 472 g/mol. The van der Waals surface area contributed by atoms with Crippen LogP contribution < -0.4 is 15.8 Å². The Morgan fingerprint density at radius 1 is 1.17 bits per heavy atom. The van der Waals surface area contributed by atoms with Gasteiger partial charge in [0.15, 0.2) is 5.65 Å². The number of ether oxygens (including phenoxy) is 1. The predicted molar refractivity (Wildman–Crippen MR) is 133 cm³/mol. The van der Waals surface area contributed by atoms with Crippen LogP contribution >= 0.6 is 0 Å². The highest BCUT2D eigenvalue weighted by Gasteiger charge is 2.25. The second kappa shape index (κ2) is 9.71. The number of rotatable bonds is 7. The Morgan fingerprint density at radius 2 is 1.91 bits per heavy atom. The molecule has 2 aromatic carbocycles. The molecule has 1 saturated carbocycles. The Labute approximate surface area is 203 Å². The summed E-state index contributed by atoms with van der Waals surface area (Å²) in [6.45, 7) is -0.250. The number of hydrogen-bond acceptors (Lipinski definition) is 7. The number of anilines is 1. The second-order valence-electron chi connectivity index (χ2n) is 8.72. The van der Waals surface area contributed by atoms with E-state index in [-0.39, 0.29) is 12.5 Å². The van der Waals surface area contributed by atoms with Gasteiger partial charge in [-0.1, -0.05) is 49.2 Å². The van der Waals surface area contributed by atoms with Crippen molar-refractivity contribution in [3.05, 3.63) is 66.0 Å². The Kier molecular flexibility index (Phi) is 6.33. The van der Waals surface area contributed by atoms with Crippen LogP contribution in [0.25, 0.3) is 22.3 Å². The van der Waals surface area contributed by atoms with Crippen LogP contribution in [0.3, 0.4) is 0 Å². The van der Waals surface area contributed by atoms with E-state index in [9.17, 15) is 9.90 Å². The Hall–Kier alpha value is -3.98. The molecule has 1 amide bonds. The fraction of sp³-hybridized carbons (Fsp3) is 0.308. The lowest BCUT2D eigenvalue weighted by atomic mass is 10.0. The number of hydrogen-bond donors (Lipinski definition) is 3. The smallest absolute Gasteiger partial charge is 0.255 e. The molecule has 4 aromatic rings. The lowest BCUT2D eigenvalue weighted by Gasteiger charge is -2.18. The number of aliphatic hydroxyl groups is 1. The third-order valence-electron chi connectivity index (χ3n) is 6.61. The third-order valence-corrected chi connectivity index (χ3v) is 6.61. The zero-order valence-electron chi connectivity index (χ0n) is 19.5. The largest absolute Gasteiger partial charge is 0.496 e. The summed E-state index contributed by atoms with van der Waals surface area (Å²) < 4.78 is 7.28. The van der Waals surface area contributed by atoms with Crippen molar-refractivity contribution in [3.63, 3.8) is 0 Å². The number of carbonyl (C=O) groups excluding carboxylic acids is 1. The van der Waals surface area contributed by atoms with Gasteiger partial charge in [-0.15, -0.1) is 0 Å². The minimum Gasteiger partial charge on any atom is -0.496 e. The van der Waals surface area contributed by atoms with Gasteiger partial charge < -0.3 is 20.9 Å². The molecule has 1 aliphatic carbocycles. The zero-order valence-corrected chi connectivity index (χ0v) is 19.5. The number of methoxy groups -OCH3 is 1. The van der Waals surface area contributed by atoms with Crippen LogP contribution in [0, 0.1) is 0 Å². The first kappa shape index (κ1) is 22.8. The van der Waals surface area contributed by atoms with Crippen LogP contribution in [0.4, 0.5) is 5.82 Å². The molecule has 0 radical (unpaired) electrons. The number of fused-ring (bicyclic) bond motifs is 1. The molecule has 1 fully saturated rings. The topological polar surface area (TPSA) is 128 Å². The summed E-state index contributed by atoms with van der Waals surface area (Å²) >= 11 is 0. The summed E-state index contributed by atoms with van der Waals surface area (Å²) in [7, 11) is 1.52. The van der Waals surface area contributed by atoms with Gasteiger partial charge in [0, 0.05) is 5.56 Å². The van der Waals surface area contributed by atoms with E-state index in [0.717, 1.165) is 40.7 Å². The molecule has 0 spiro atoms. The molecule has 35 heavy (non-hydrogen) atoms. The average Bonchev–Trinajstić information content (AvgIpc) is 3.56. The van der Waals surface area contributed by atoms with Crippen LogP contribution in [-0.4, -0.2) is 44.5 Å². The molecule has 1 unspecified atom stereocenters. The number of nitrogens with zero attached hydrogens (tertiary/aromatic N) is 4. The number of nitrogen functional groups attached to an aromatic ring is 1. The lowest BCUT2D eigenvalue weighted by Crippen LogP contribution is -2.31. The van der Waals surface area contributed by atoms with Crippen molar-refractivity contribution in [1.29, 1.82) is 0 Å². The van der Waals surface area contributed by atoms with Crippen LogP contribution in [0.5, 0.6) is 5.75 Å². The zero-order chi connectivity index (χ0) is 24.4. The molecule has 1 aliphatic rings. The van der Waals surface area contributed by atoms with E-state index in [1.54, 1.807) is 24.3 Å². The molecule has 0 saturated heterocycles. The molecule has 5 rings (SSSR count). The molecule has 9 heteroatoms. The number of amides is 1. The molecule has 4 N–H and O–H groups in total. The molecule has 1 atom stereocenters. The van der Waals surface area contributed by atoms with Crippen molar-refractivity contribution in [2.45, 2.75) is 37.8 Å². The number of aliphatic hydroxyl groups excluding tert-OH is 1. The van der Waals surface area contributed by atoms with Crippen LogP contribution in [0.1, 0.15) is 53.7 Å². The van der Waals surface area contributed by atoms with Gasteiger partial charge >= 0.3 is 0 Å². The van der Waals surface area contributed by atoms with Gasteiger partial charge in [0.1, 0.15) is 23.6 Å². The first-order valence-corrected chi connectivity index (χ1v) is 11.7. The summed E-state index contributed by atoms with van der Waals surface area (Å²) in [5.41, 5.74) is 9.77. The molecule has 0 aliphatic heterocycles. The van der Waals surface area contributed by atoms with Gasteiger partial charge in [-0.25, -0.2) is 14.6 Å². The summed E-state index contributed by atoms with van der Waals surface area (Å²) in [6, 6.07) is 14.3. The minimum atomic E-state index is -0.581. The van der Waals surface area contributed by atoms with Gasteiger partial charge in [-0.2, -0.15) is 5.10 Å². The van der Waals surface area contributed by atoms with E-state index in [0.29, 0.717) is 23.2 Å². The number of para-hydroxylation sites is 1. The van der Waals surface area contributed by atoms with E-state index in [1.165, 1.54) is 26.3 Å². The van der Waals surface area contributed by atoms with Gasteiger partial charge in [-0.05, 0) is 30.5 Å². The van der Waals surface area contributed by atoms with Crippen molar-refractivity contribution in [1.82, 2.24) is 25.1 Å². The average molecular weight is 473 g/mol. The van der Waals surface area contributed by atoms with E-state index in [4.69, 9.17) is 15.6 Å². The van der Waals surface area contributed by atoms with Gasteiger partial charge in [-0.3, -0.25) is 4.79 Å². The highest BCUT2D eigenvalue weighted by Crippen LogP contribution is 2.36. The number of carbonyl (C=O) groups is 1. The van der Waals surface area contributed by atoms with Crippen molar-refractivity contribution >= 4 is 22.8 Å². The standard InChI is InChI=1S/C26H28N6O3/c1-35-21-9-5-4-8-19(21)26(34)30-20(14-33)16-10-12-17(13-11-16)23-22-24(27)28-15-29-25(22)32(31-23)18-6-2-3-7-18/h4-5,8-13,15,18,20,33H,2-3,6-7,14H2,1H3,(H,30,34)(H2,27,28,29). The number of nitrogens with one attached hydrogen (secondary N) is 1. The molecular formula is C26H28N6O3. The maximum atomic E-state index is 12.8. The van der Waals surface area contributed by atoms with E-state index >= 15 is 0 Å². The van der Waals surface area contributed by atoms with Crippen LogP contribution in [0.2, 0.25) is 0 Å². The van der Waals surface area contributed by atoms with Gasteiger partial charge in [0.25, 0.3) is 5.91 Å². The van der Waals surface area contributed by atoms with E-state index in [2.05, 4.69) is 15.3 Å². The molecular weight excluding hydrogens is 444 g/mol.